The van der Waals surface area contributed by atoms with E-state index in [1.165, 1.54) is 0 Å². The molecule has 1 rings (SSSR count). The second kappa shape index (κ2) is 8.03. The van der Waals surface area contributed by atoms with Crippen molar-refractivity contribution in [1.82, 2.24) is 5.32 Å². The van der Waals surface area contributed by atoms with Crippen LogP contribution < -0.4 is 10.1 Å². The van der Waals surface area contributed by atoms with E-state index >= 15 is 0 Å². The molecular formula is C17H27NO3. The Hall–Kier alpha value is -1.55. The SMILES string of the molecule is CCC(C)(CCO)NC(=O)CCOc1cc(C)cc(C)c1. The molecule has 21 heavy (non-hydrogen) atoms. The van der Waals surface area contributed by atoms with E-state index in [2.05, 4.69) is 11.4 Å². The molecule has 0 aliphatic rings. The molecule has 0 saturated heterocycles. The number of aliphatic hydroxyl groups excluding tert-OH is 1. The minimum atomic E-state index is -0.342. The Morgan fingerprint density at radius 2 is 1.90 bits per heavy atom. The Bertz CT molecular complexity index is 453. The molecule has 0 aliphatic carbocycles. The highest BCUT2D eigenvalue weighted by molar-refractivity contribution is 5.76. The van der Waals surface area contributed by atoms with Gasteiger partial charge >= 0.3 is 0 Å². The van der Waals surface area contributed by atoms with Crippen LogP contribution in [-0.4, -0.2) is 29.8 Å². The largest absolute Gasteiger partial charge is 0.493 e. The van der Waals surface area contributed by atoms with Gasteiger partial charge in [0.1, 0.15) is 5.75 Å². The topological polar surface area (TPSA) is 58.6 Å². The zero-order valence-corrected chi connectivity index (χ0v) is 13.5. The molecule has 0 aromatic heterocycles. The zero-order valence-electron chi connectivity index (χ0n) is 13.5. The molecule has 4 nitrogen and oxygen atoms in total. The van der Waals surface area contributed by atoms with Crippen LogP contribution in [0.2, 0.25) is 0 Å². The number of benzene rings is 1. The van der Waals surface area contributed by atoms with Crippen LogP contribution in [0.1, 0.15) is 44.2 Å². The van der Waals surface area contributed by atoms with Crippen LogP contribution >= 0.6 is 0 Å². The molecule has 2 N–H and O–H groups in total. The number of hydrogen-bond donors (Lipinski definition) is 2. The number of amides is 1. The Balaban J connectivity index is 2.43. The van der Waals surface area contributed by atoms with Gasteiger partial charge in [0.25, 0.3) is 0 Å². The number of ether oxygens (including phenoxy) is 1. The summed E-state index contributed by atoms with van der Waals surface area (Å²) in [4.78, 5) is 11.9. The normalized spacial score (nSPS) is 13.6. The second-order valence-electron chi connectivity index (χ2n) is 5.86. The lowest BCUT2D eigenvalue weighted by atomic mass is 9.95. The molecule has 1 aromatic rings. The van der Waals surface area contributed by atoms with Crippen LogP contribution in [0.25, 0.3) is 0 Å². The van der Waals surface area contributed by atoms with Crippen LogP contribution in [0.3, 0.4) is 0 Å². The molecule has 0 fully saturated rings. The highest BCUT2D eigenvalue weighted by Crippen LogP contribution is 2.17. The van der Waals surface area contributed by atoms with E-state index in [9.17, 15) is 4.79 Å². The zero-order chi connectivity index (χ0) is 15.9. The molecule has 0 aliphatic heterocycles. The van der Waals surface area contributed by atoms with Crippen LogP contribution in [0.4, 0.5) is 0 Å². The van der Waals surface area contributed by atoms with Crippen molar-refractivity contribution in [1.29, 1.82) is 0 Å². The summed E-state index contributed by atoms with van der Waals surface area (Å²) >= 11 is 0. The predicted octanol–water partition coefficient (Wildman–Crippen LogP) is 2.74. The van der Waals surface area contributed by atoms with Gasteiger partial charge in [-0.2, -0.15) is 0 Å². The molecule has 118 valence electrons. The molecule has 1 atom stereocenters. The number of nitrogens with one attached hydrogen (secondary N) is 1. The maximum absolute atomic E-state index is 11.9. The van der Waals surface area contributed by atoms with Gasteiger partial charge in [0.15, 0.2) is 0 Å². The summed E-state index contributed by atoms with van der Waals surface area (Å²) in [5.74, 6) is 0.756. The summed E-state index contributed by atoms with van der Waals surface area (Å²) in [5, 5.41) is 12.0. The van der Waals surface area contributed by atoms with Gasteiger partial charge in [0, 0.05) is 12.1 Å². The third kappa shape index (κ3) is 6.17. The number of rotatable bonds is 8. The fourth-order valence-electron chi connectivity index (χ4n) is 2.25. The number of aryl methyl sites for hydroxylation is 2. The Morgan fingerprint density at radius 1 is 1.29 bits per heavy atom. The summed E-state index contributed by atoms with van der Waals surface area (Å²) in [6.07, 6.45) is 1.67. The van der Waals surface area contributed by atoms with Crippen molar-refractivity contribution in [2.45, 2.75) is 52.5 Å². The molecule has 4 heteroatoms. The lowest BCUT2D eigenvalue weighted by Crippen LogP contribution is -2.46. The van der Waals surface area contributed by atoms with Gasteiger partial charge in [0.2, 0.25) is 5.91 Å². The number of hydrogen-bond acceptors (Lipinski definition) is 3. The third-order valence-electron chi connectivity index (χ3n) is 3.68. The number of carbonyl (C=O) groups is 1. The quantitative estimate of drug-likeness (QED) is 0.775. The lowest BCUT2D eigenvalue weighted by molar-refractivity contribution is -0.123. The summed E-state index contributed by atoms with van der Waals surface area (Å²) in [7, 11) is 0. The standard InChI is InChI=1S/C17H27NO3/c1-5-17(4,7-8-19)18-16(20)6-9-21-15-11-13(2)10-14(3)12-15/h10-12,19H,5-9H2,1-4H3,(H,18,20). The van der Waals surface area contributed by atoms with Crippen molar-refractivity contribution in [3.8, 4) is 5.75 Å². The maximum atomic E-state index is 11.9. The molecule has 1 amide bonds. The Morgan fingerprint density at radius 3 is 2.43 bits per heavy atom. The predicted molar refractivity (Wildman–Crippen MR) is 84.6 cm³/mol. The molecule has 0 saturated carbocycles. The smallest absolute Gasteiger partial charge is 0.223 e. The van der Waals surface area contributed by atoms with Crippen LogP contribution in [0.15, 0.2) is 18.2 Å². The van der Waals surface area contributed by atoms with Crippen LogP contribution in [-0.2, 0) is 4.79 Å². The molecule has 1 aromatic carbocycles. The van der Waals surface area contributed by atoms with E-state index < -0.39 is 0 Å². The van der Waals surface area contributed by atoms with Gasteiger partial charge in [-0.1, -0.05) is 13.0 Å². The number of aliphatic hydroxyl groups is 1. The van der Waals surface area contributed by atoms with Gasteiger partial charge < -0.3 is 15.2 Å². The molecule has 1 unspecified atom stereocenters. The highest BCUT2D eigenvalue weighted by atomic mass is 16.5. The lowest BCUT2D eigenvalue weighted by Gasteiger charge is -2.29. The fourth-order valence-corrected chi connectivity index (χ4v) is 2.25. The second-order valence-corrected chi connectivity index (χ2v) is 5.86. The third-order valence-corrected chi connectivity index (χ3v) is 3.68. The summed E-state index contributed by atoms with van der Waals surface area (Å²) < 4.78 is 5.64. The average Bonchev–Trinajstić information content (AvgIpc) is 2.37. The van der Waals surface area contributed by atoms with Crippen molar-refractivity contribution in [3.63, 3.8) is 0 Å². The molecule has 0 heterocycles. The van der Waals surface area contributed by atoms with Crippen molar-refractivity contribution in [2.75, 3.05) is 13.2 Å². The minimum Gasteiger partial charge on any atom is -0.493 e. The van der Waals surface area contributed by atoms with Gasteiger partial charge in [-0.25, -0.2) is 0 Å². The van der Waals surface area contributed by atoms with Crippen LogP contribution in [0.5, 0.6) is 5.75 Å². The number of carbonyl (C=O) groups excluding carboxylic acids is 1. The first-order chi connectivity index (χ1) is 9.88. The minimum absolute atomic E-state index is 0.0443. The van der Waals surface area contributed by atoms with Gasteiger partial charge in [0.05, 0.1) is 13.0 Å². The van der Waals surface area contributed by atoms with E-state index in [0.717, 1.165) is 23.3 Å². The average molecular weight is 293 g/mol. The van der Waals surface area contributed by atoms with E-state index in [0.29, 0.717) is 19.4 Å². The van der Waals surface area contributed by atoms with E-state index in [-0.39, 0.29) is 18.1 Å². The van der Waals surface area contributed by atoms with Crippen molar-refractivity contribution < 1.29 is 14.6 Å². The molecular weight excluding hydrogens is 266 g/mol. The first kappa shape index (κ1) is 17.5. The fraction of sp³-hybridized carbons (Fsp3) is 0.588. The molecule has 0 bridgehead atoms. The first-order valence-corrected chi connectivity index (χ1v) is 7.51. The molecule has 0 radical (unpaired) electrons. The highest BCUT2D eigenvalue weighted by Gasteiger charge is 2.23. The van der Waals surface area contributed by atoms with Gasteiger partial charge in [-0.05, 0) is 56.9 Å². The maximum Gasteiger partial charge on any atom is 0.223 e. The van der Waals surface area contributed by atoms with E-state index in [1.807, 2.05) is 39.8 Å². The summed E-state index contributed by atoms with van der Waals surface area (Å²) in [5.41, 5.74) is 1.96. The summed E-state index contributed by atoms with van der Waals surface area (Å²) in [6, 6.07) is 6.01. The van der Waals surface area contributed by atoms with Gasteiger partial charge in [-0.15, -0.1) is 0 Å². The van der Waals surface area contributed by atoms with E-state index in [4.69, 9.17) is 9.84 Å². The van der Waals surface area contributed by atoms with Crippen LogP contribution in [0, 0.1) is 13.8 Å². The Kier molecular flexibility index (Phi) is 6.69. The van der Waals surface area contributed by atoms with Crippen molar-refractivity contribution in [2.24, 2.45) is 0 Å². The monoisotopic (exact) mass is 293 g/mol. The Labute approximate surface area is 127 Å². The van der Waals surface area contributed by atoms with Crippen molar-refractivity contribution in [3.05, 3.63) is 29.3 Å². The molecule has 0 spiro atoms. The van der Waals surface area contributed by atoms with Gasteiger partial charge in [-0.3, -0.25) is 4.79 Å². The first-order valence-electron chi connectivity index (χ1n) is 7.51. The van der Waals surface area contributed by atoms with Crippen molar-refractivity contribution >= 4 is 5.91 Å². The van der Waals surface area contributed by atoms with E-state index in [1.54, 1.807) is 0 Å². The summed E-state index contributed by atoms with van der Waals surface area (Å²) in [6.45, 7) is 8.42.